The summed E-state index contributed by atoms with van der Waals surface area (Å²) in [5.41, 5.74) is 1.56. The van der Waals surface area contributed by atoms with Crippen molar-refractivity contribution < 1.29 is 43.0 Å². The fourth-order valence-electron chi connectivity index (χ4n) is 7.79. The number of nitrogens with one attached hydrogen (secondary N) is 2. The van der Waals surface area contributed by atoms with Crippen molar-refractivity contribution in [2.75, 3.05) is 37.3 Å². The summed E-state index contributed by atoms with van der Waals surface area (Å²) in [7, 11) is 0. The number of hydrogen-bond acceptors (Lipinski definition) is 10. The molecule has 0 saturated carbocycles. The lowest BCUT2D eigenvalue weighted by molar-refractivity contribution is -0.142. The SMILES string of the molecule is C#Cc1ccc(COC(=O)O[C@](C)(CI)C(=O)[C@H](CC(C)C)NC(=O)[C@@H](CC(=O)[C@H](CC(C)C)NC(=O)[C@H](CCc2ccccc2)CC(=O)CN2CCOCC2)Cc2ccccc2)cc1. The van der Waals surface area contributed by atoms with E-state index in [1.807, 2.05) is 116 Å². The minimum Gasteiger partial charge on any atom is -0.429 e. The van der Waals surface area contributed by atoms with Gasteiger partial charge in [0.2, 0.25) is 11.8 Å². The van der Waals surface area contributed by atoms with Gasteiger partial charge in [-0.2, -0.15) is 0 Å². The predicted molar refractivity (Wildman–Crippen MR) is 259 cm³/mol. The number of hydrogen-bond donors (Lipinski definition) is 2. The standard InChI is InChI=1S/C52H66IN3O9/c1-7-38-18-20-41(21-19-38)34-64-51(62)65-52(6,35-53)48(59)46(29-37(4)5)55-50(61)43(30-40-16-12-9-13-17-40)32-47(58)45(28-36(2)3)54-49(60)42(23-22-39-14-10-8-11-15-39)31-44(57)33-56-24-26-63-27-25-56/h1,8-21,36-37,42-43,45-46H,22-35H2,2-6H3,(H,54,60)(H,55,61)/t42-,43-,45+,46+,52-/m1/s1. The van der Waals surface area contributed by atoms with Gasteiger partial charge in [0.25, 0.3) is 0 Å². The van der Waals surface area contributed by atoms with Gasteiger partial charge in [-0.25, -0.2) is 4.79 Å². The van der Waals surface area contributed by atoms with Crippen LogP contribution >= 0.6 is 22.6 Å². The number of rotatable bonds is 26. The Hall–Kier alpha value is -4.91. The average molecular weight is 1000 g/mol. The highest BCUT2D eigenvalue weighted by Gasteiger charge is 2.43. The number of benzene rings is 3. The summed E-state index contributed by atoms with van der Waals surface area (Å²) in [6.07, 6.45) is 5.95. The van der Waals surface area contributed by atoms with E-state index < -0.39 is 47.4 Å². The highest BCUT2D eigenvalue weighted by molar-refractivity contribution is 14.1. The van der Waals surface area contributed by atoms with Crippen molar-refractivity contribution in [3.8, 4) is 12.3 Å². The molecule has 0 aromatic heterocycles. The number of nitrogens with zero attached hydrogens (tertiary/aromatic N) is 1. The molecule has 2 N–H and O–H groups in total. The number of morpholine rings is 1. The molecular weight excluding hydrogens is 937 g/mol. The van der Waals surface area contributed by atoms with E-state index in [1.54, 1.807) is 24.3 Å². The number of ketones is 3. The smallest absolute Gasteiger partial charge is 0.429 e. The van der Waals surface area contributed by atoms with Crippen LogP contribution in [0.15, 0.2) is 84.9 Å². The normalized spacial score (nSPS) is 15.7. The van der Waals surface area contributed by atoms with Gasteiger partial charge in [0.15, 0.2) is 17.2 Å². The molecule has 3 aromatic rings. The summed E-state index contributed by atoms with van der Waals surface area (Å²) in [4.78, 5) is 86.1. The summed E-state index contributed by atoms with van der Waals surface area (Å²) >= 11 is 1.97. The molecule has 0 aliphatic carbocycles. The fourth-order valence-corrected chi connectivity index (χ4v) is 8.32. The first-order valence-corrected chi connectivity index (χ1v) is 24.2. The summed E-state index contributed by atoms with van der Waals surface area (Å²) in [6, 6.07) is 24.0. The van der Waals surface area contributed by atoms with E-state index in [1.165, 1.54) is 6.92 Å². The van der Waals surface area contributed by atoms with Crippen LogP contribution in [0.2, 0.25) is 0 Å². The highest BCUT2D eigenvalue weighted by atomic mass is 127. The third kappa shape index (κ3) is 18.1. The van der Waals surface area contributed by atoms with E-state index in [-0.39, 0.29) is 72.6 Å². The minimum atomic E-state index is -1.66. The maximum atomic E-state index is 14.5. The lowest BCUT2D eigenvalue weighted by atomic mass is 9.87. The summed E-state index contributed by atoms with van der Waals surface area (Å²) in [5.74, 6) is -0.870. The van der Waals surface area contributed by atoms with Crippen molar-refractivity contribution in [2.45, 2.75) is 104 Å². The van der Waals surface area contributed by atoms with E-state index in [0.717, 1.165) is 11.1 Å². The van der Waals surface area contributed by atoms with Gasteiger partial charge < -0.3 is 24.8 Å². The van der Waals surface area contributed by atoms with Crippen LogP contribution in [0.25, 0.3) is 0 Å². The second-order valence-electron chi connectivity index (χ2n) is 18.0. The van der Waals surface area contributed by atoms with Crippen LogP contribution in [0, 0.1) is 36.0 Å². The Bertz CT molecular complexity index is 2050. The Kier molecular flexibility index (Phi) is 21.8. The number of carbonyl (C=O) groups excluding carboxylic acids is 6. The number of aryl methyl sites for hydroxylation is 1. The zero-order valence-corrected chi connectivity index (χ0v) is 40.7. The van der Waals surface area contributed by atoms with Gasteiger partial charge in [-0.15, -0.1) is 6.42 Å². The molecule has 1 aliphatic rings. The maximum Gasteiger partial charge on any atom is 0.509 e. The van der Waals surface area contributed by atoms with Crippen molar-refractivity contribution in [2.24, 2.45) is 23.7 Å². The molecule has 4 rings (SSSR count). The van der Waals surface area contributed by atoms with Gasteiger partial charge in [-0.1, -0.05) is 129 Å². The molecule has 0 spiro atoms. The van der Waals surface area contributed by atoms with Crippen molar-refractivity contribution in [3.05, 3.63) is 107 Å². The molecule has 1 saturated heterocycles. The predicted octanol–water partition coefficient (Wildman–Crippen LogP) is 7.50. The van der Waals surface area contributed by atoms with Gasteiger partial charge in [0.1, 0.15) is 12.4 Å². The van der Waals surface area contributed by atoms with Crippen molar-refractivity contribution >= 4 is 57.9 Å². The quantitative estimate of drug-likeness (QED) is 0.0357. The molecule has 0 bridgehead atoms. The van der Waals surface area contributed by atoms with Gasteiger partial charge in [-0.3, -0.25) is 28.9 Å². The van der Waals surface area contributed by atoms with E-state index in [2.05, 4.69) is 16.6 Å². The van der Waals surface area contributed by atoms with E-state index >= 15 is 0 Å². The second kappa shape index (κ2) is 26.9. The molecule has 0 radical (unpaired) electrons. The summed E-state index contributed by atoms with van der Waals surface area (Å²) in [5, 5.41) is 5.98. The Balaban J connectivity index is 1.53. The van der Waals surface area contributed by atoms with Crippen molar-refractivity contribution in [1.82, 2.24) is 15.5 Å². The Labute approximate surface area is 398 Å². The lowest BCUT2D eigenvalue weighted by Crippen LogP contribution is -2.55. The molecule has 13 heteroatoms. The van der Waals surface area contributed by atoms with Gasteiger partial charge in [-0.05, 0) is 79.7 Å². The van der Waals surface area contributed by atoms with Gasteiger partial charge in [0, 0.05) is 47.8 Å². The number of alkyl halides is 1. The van der Waals surface area contributed by atoms with E-state index in [9.17, 15) is 28.8 Å². The Morgan fingerprint density at radius 1 is 0.769 bits per heavy atom. The number of halogens is 1. The van der Waals surface area contributed by atoms with Crippen LogP contribution in [0.3, 0.4) is 0 Å². The third-order valence-corrected chi connectivity index (χ3v) is 12.9. The molecule has 3 aromatic carbocycles. The number of amides is 2. The van der Waals surface area contributed by atoms with Crippen molar-refractivity contribution in [3.63, 3.8) is 0 Å². The maximum absolute atomic E-state index is 14.5. The number of carbonyl (C=O) groups is 6. The monoisotopic (exact) mass is 1000 g/mol. The lowest BCUT2D eigenvalue weighted by Gasteiger charge is -2.32. The molecule has 350 valence electrons. The molecule has 5 atom stereocenters. The molecule has 1 heterocycles. The number of Topliss-reactive ketones (excluding diaryl/α,β-unsaturated/α-hetero) is 3. The molecule has 0 unspecified atom stereocenters. The first-order valence-electron chi connectivity index (χ1n) is 22.6. The minimum absolute atomic E-state index is 0.0102. The molecule has 12 nitrogen and oxygen atoms in total. The van der Waals surface area contributed by atoms with Crippen LogP contribution in [-0.2, 0) is 57.6 Å². The van der Waals surface area contributed by atoms with E-state index in [0.29, 0.717) is 56.7 Å². The first kappa shape index (κ1) is 52.7. The topological polar surface area (TPSA) is 157 Å². The number of ether oxygens (including phenoxy) is 3. The zero-order chi connectivity index (χ0) is 47.4. The van der Waals surface area contributed by atoms with Crippen LogP contribution < -0.4 is 10.6 Å². The van der Waals surface area contributed by atoms with E-state index in [4.69, 9.17) is 20.6 Å². The van der Waals surface area contributed by atoms with Gasteiger partial charge >= 0.3 is 6.16 Å². The Morgan fingerprint density at radius 2 is 1.34 bits per heavy atom. The van der Waals surface area contributed by atoms with Gasteiger partial charge in [0.05, 0.1) is 31.8 Å². The Morgan fingerprint density at radius 3 is 1.92 bits per heavy atom. The molecule has 2 amide bonds. The largest absolute Gasteiger partial charge is 0.509 e. The first-order chi connectivity index (χ1) is 31.1. The fraction of sp³-hybridized carbons (Fsp3) is 0.500. The highest BCUT2D eigenvalue weighted by Crippen LogP contribution is 2.25. The zero-order valence-electron chi connectivity index (χ0n) is 38.5. The second-order valence-corrected chi connectivity index (χ2v) is 18.8. The number of terminal acetylenes is 1. The third-order valence-electron chi connectivity index (χ3n) is 11.4. The molecule has 1 aliphatic heterocycles. The summed E-state index contributed by atoms with van der Waals surface area (Å²) < 4.78 is 16.6. The van der Waals surface area contributed by atoms with Crippen LogP contribution in [-0.4, -0.2) is 95.2 Å². The average Bonchev–Trinajstić information content (AvgIpc) is 3.29. The van der Waals surface area contributed by atoms with Crippen LogP contribution in [0.1, 0.15) is 89.0 Å². The van der Waals surface area contributed by atoms with Crippen LogP contribution in [0.4, 0.5) is 4.79 Å². The molecule has 1 fully saturated rings. The van der Waals surface area contributed by atoms with Crippen molar-refractivity contribution in [1.29, 1.82) is 0 Å². The summed E-state index contributed by atoms with van der Waals surface area (Å²) in [6.45, 7) is 11.8. The molecular formula is C52H66IN3O9. The van der Waals surface area contributed by atoms with Crippen LogP contribution in [0.5, 0.6) is 0 Å². The molecule has 65 heavy (non-hydrogen) atoms.